The van der Waals surface area contributed by atoms with Gasteiger partial charge in [-0.3, -0.25) is 0 Å². The lowest BCUT2D eigenvalue weighted by molar-refractivity contribution is 1.25. The van der Waals surface area contributed by atoms with Gasteiger partial charge in [0, 0.05) is 11.1 Å². The van der Waals surface area contributed by atoms with Gasteiger partial charge >= 0.3 is 0 Å². The van der Waals surface area contributed by atoms with Crippen molar-refractivity contribution in [2.45, 2.75) is 0 Å². The zero-order valence-corrected chi connectivity index (χ0v) is 12.0. The van der Waals surface area contributed by atoms with Crippen LogP contribution in [0, 0.1) is 0 Å². The quantitative estimate of drug-likeness (QED) is 0.385. The van der Waals surface area contributed by atoms with Crippen molar-refractivity contribution >= 4 is 11.4 Å². The molecule has 0 aromatic carbocycles. The monoisotopic (exact) mass is 282 g/mol. The minimum atomic E-state index is 0.904. The topological polar surface area (TPSA) is 24.7 Å². The molecule has 0 heterocycles. The van der Waals surface area contributed by atoms with Crippen LogP contribution < -0.4 is 0 Å². The van der Waals surface area contributed by atoms with Crippen LogP contribution in [-0.4, -0.2) is 0 Å². The SMILES string of the molecule is c1ccc2ccc(N=Nc3ccc4cccccc3-4)c-2cc1. The maximum atomic E-state index is 4.46. The van der Waals surface area contributed by atoms with Gasteiger partial charge in [-0.2, -0.15) is 0 Å². The highest BCUT2D eigenvalue weighted by molar-refractivity contribution is 5.81. The van der Waals surface area contributed by atoms with E-state index in [2.05, 4.69) is 46.6 Å². The van der Waals surface area contributed by atoms with Gasteiger partial charge in [0.1, 0.15) is 0 Å². The molecule has 0 aromatic rings. The second-order valence-corrected chi connectivity index (χ2v) is 5.20. The Morgan fingerprint density at radius 3 is 1.36 bits per heavy atom. The minimum Gasteiger partial charge on any atom is -0.150 e. The highest BCUT2D eigenvalue weighted by atomic mass is 15.1. The molecule has 104 valence electrons. The number of rotatable bonds is 2. The van der Waals surface area contributed by atoms with Gasteiger partial charge in [-0.1, -0.05) is 72.8 Å². The summed E-state index contributed by atoms with van der Waals surface area (Å²) in [7, 11) is 0. The lowest BCUT2D eigenvalue weighted by atomic mass is 10.2. The van der Waals surface area contributed by atoms with E-state index in [1.54, 1.807) is 0 Å². The summed E-state index contributed by atoms with van der Waals surface area (Å²) < 4.78 is 0. The van der Waals surface area contributed by atoms with Crippen LogP contribution in [0.1, 0.15) is 0 Å². The fraction of sp³-hybridized carbons (Fsp3) is 0. The summed E-state index contributed by atoms with van der Waals surface area (Å²) in [4.78, 5) is 0. The van der Waals surface area contributed by atoms with Gasteiger partial charge in [-0.15, -0.1) is 10.2 Å². The number of azo groups is 1. The second-order valence-electron chi connectivity index (χ2n) is 5.20. The zero-order chi connectivity index (χ0) is 14.8. The molecule has 22 heavy (non-hydrogen) atoms. The van der Waals surface area contributed by atoms with E-state index < -0.39 is 0 Å². The fourth-order valence-corrected chi connectivity index (χ4v) is 2.68. The van der Waals surface area contributed by atoms with E-state index in [4.69, 9.17) is 0 Å². The van der Waals surface area contributed by atoms with E-state index in [9.17, 15) is 0 Å². The predicted molar refractivity (Wildman–Crippen MR) is 90.3 cm³/mol. The molecule has 0 bridgehead atoms. The second kappa shape index (κ2) is 5.41. The molecule has 0 fully saturated rings. The first-order valence-corrected chi connectivity index (χ1v) is 7.29. The third-order valence-corrected chi connectivity index (χ3v) is 3.80. The smallest absolute Gasteiger partial charge is 0.0935 e. The van der Waals surface area contributed by atoms with Crippen molar-refractivity contribution in [3.8, 4) is 22.3 Å². The van der Waals surface area contributed by atoms with Gasteiger partial charge in [0.25, 0.3) is 0 Å². The summed E-state index contributed by atoms with van der Waals surface area (Å²) in [6, 6.07) is 28.7. The zero-order valence-electron chi connectivity index (χ0n) is 12.0. The molecule has 0 spiro atoms. The number of hydrogen-bond donors (Lipinski definition) is 0. The molecule has 0 saturated heterocycles. The number of fused-ring (bicyclic) bond motifs is 2. The van der Waals surface area contributed by atoms with E-state index in [0.717, 1.165) is 22.5 Å². The van der Waals surface area contributed by atoms with Crippen molar-refractivity contribution in [2.75, 3.05) is 0 Å². The largest absolute Gasteiger partial charge is 0.150 e. The number of hydrogen-bond acceptors (Lipinski definition) is 2. The first-order chi connectivity index (χ1) is 10.9. The van der Waals surface area contributed by atoms with Crippen LogP contribution in [0.3, 0.4) is 0 Å². The average Bonchev–Trinajstić information content (AvgIpc) is 2.90. The molecule has 0 unspecified atom stereocenters. The van der Waals surface area contributed by atoms with Crippen molar-refractivity contribution in [1.82, 2.24) is 0 Å². The van der Waals surface area contributed by atoms with E-state index >= 15 is 0 Å². The van der Waals surface area contributed by atoms with Crippen LogP contribution in [0.25, 0.3) is 22.3 Å². The van der Waals surface area contributed by atoms with Gasteiger partial charge in [-0.25, -0.2) is 0 Å². The fourth-order valence-electron chi connectivity index (χ4n) is 2.68. The van der Waals surface area contributed by atoms with Crippen molar-refractivity contribution in [3.05, 3.63) is 84.9 Å². The Balaban J connectivity index is 1.73. The van der Waals surface area contributed by atoms with E-state index in [-0.39, 0.29) is 0 Å². The molecule has 2 heteroatoms. The molecule has 4 rings (SSSR count). The Kier molecular flexibility index (Phi) is 3.13. The predicted octanol–water partition coefficient (Wildman–Crippen LogP) is 6.31. The Morgan fingerprint density at radius 1 is 0.409 bits per heavy atom. The summed E-state index contributed by atoms with van der Waals surface area (Å²) in [5.41, 5.74) is 6.41. The lowest BCUT2D eigenvalue weighted by Crippen LogP contribution is -1.67. The van der Waals surface area contributed by atoms with Crippen LogP contribution in [0.15, 0.2) is 95.2 Å². The van der Waals surface area contributed by atoms with Crippen LogP contribution in [-0.2, 0) is 0 Å². The van der Waals surface area contributed by atoms with Gasteiger partial charge < -0.3 is 0 Å². The maximum Gasteiger partial charge on any atom is 0.0935 e. The summed E-state index contributed by atoms with van der Waals surface area (Å²) in [6.07, 6.45) is 0. The molecule has 0 aliphatic heterocycles. The Bertz CT molecular complexity index is 821. The summed E-state index contributed by atoms with van der Waals surface area (Å²) in [5.74, 6) is 0. The van der Waals surface area contributed by atoms with Crippen molar-refractivity contribution in [3.63, 3.8) is 0 Å². The molecule has 4 aliphatic rings. The normalized spacial score (nSPS) is 11.5. The Morgan fingerprint density at radius 2 is 0.864 bits per heavy atom. The molecule has 0 amide bonds. The summed E-state index contributed by atoms with van der Waals surface area (Å²) in [6.45, 7) is 0. The van der Waals surface area contributed by atoms with Gasteiger partial charge in [-0.05, 0) is 23.3 Å². The maximum absolute atomic E-state index is 4.46. The summed E-state index contributed by atoms with van der Waals surface area (Å²) >= 11 is 0. The van der Waals surface area contributed by atoms with Crippen LogP contribution >= 0.6 is 0 Å². The molecule has 2 nitrogen and oxygen atoms in total. The van der Waals surface area contributed by atoms with Gasteiger partial charge in [0.2, 0.25) is 0 Å². The Hall–Kier alpha value is -3.00. The molecule has 0 atom stereocenters. The third-order valence-electron chi connectivity index (χ3n) is 3.80. The molecule has 4 aliphatic carbocycles. The molecule has 0 radical (unpaired) electrons. The highest BCUT2D eigenvalue weighted by Gasteiger charge is 2.09. The highest BCUT2D eigenvalue weighted by Crippen LogP contribution is 2.37. The van der Waals surface area contributed by atoms with Crippen molar-refractivity contribution in [2.24, 2.45) is 10.2 Å². The van der Waals surface area contributed by atoms with Gasteiger partial charge in [0.15, 0.2) is 0 Å². The summed E-state index contributed by atoms with van der Waals surface area (Å²) in [5, 5.41) is 8.92. The molecular formula is C20H14N2. The van der Waals surface area contributed by atoms with Crippen LogP contribution in [0.4, 0.5) is 11.4 Å². The molecule has 0 N–H and O–H groups in total. The van der Waals surface area contributed by atoms with Crippen molar-refractivity contribution < 1.29 is 0 Å². The number of nitrogens with zero attached hydrogens (tertiary/aromatic N) is 2. The van der Waals surface area contributed by atoms with E-state index in [1.807, 2.05) is 48.5 Å². The van der Waals surface area contributed by atoms with Gasteiger partial charge in [0.05, 0.1) is 11.4 Å². The first kappa shape index (κ1) is 12.7. The molecule has 0 saturated carbocycles. The average molecular weight is 282 g/mol. The van der Waals surface area contributed by atoms with Crippen molar-refractivity contribution in [1.29, 1.82) is 0 Å². The standard InChI is InChI=1S/C20H14N2/c1-3-7-15-11-13-19(17(15)9-5-1)21-22-20-14-12-16-8-4-2-6-10-18(16)20/h1-14H. The van der Waals surface area contributed by atoms with Crippen LogP contribution in [0.5, 0.6) is 0 Å². The van der Waals surface area contributed by atoms with E-state index in [0.29, 0.717) is 0 Å². The lowest BCUT2D eigenvalue weighted by Gasteiger charge is -1.96. The van der Waals surface area contributed by atoms with E-state index in [1.165, 1.54) is 11.1 Å². The first-order valence-electron chi connectivity index (χ1n) is 7.29. The van der Waals surface area contributed by atoms with Crippen LogP contribution in [0.2, 0.25) is 0 Å². The third kappa shape index (κ3) is 2.25. The molecule has 0 aromatic heterocycles. The minimum absolute atomic E-state index is 0.904. The Labute approximate surface area is 129 Å². The molecular weight excluding hydrogens is 268 g/mol.